The van der Waals surface area contributed by atoms with Crippen molar-refractivity contribution in [3.05, 3.63) is 53.2 Å². The number of nitrogens with one attached hydrogen (secondary N) is 1. The lowest BCUT2D eigenvalue weighted by molar-refractivity contribution is -0.117. The van der Waals surface area contributed by atoms with Gasteiger partial charge in [0.15, 0.2) is 0 Å². The van der Waals surface area contributed by atoms with Gasteiger partial charge in [0.05, 0.1) is 11.6 Å². The summed E-state index contributed by atoms with van der Waals surface area (Å²) in [6.07, 6.45) is 3.82. The number of hydrogen-bond donors (Lipinski definition) is 2. The van der Waals surface area contributed by atoms with Gasteiger partial charge in [-0.15, -0.1) is 0 Å². The third kappa shape index (κ3) is 3.31. The van der Waals surface area contributed by atoms with E-state index in [0.717, 1.165) is 24.1 Å². The quantitative estimate of drug-likeness (QED) is 0.835. The second kappa shape index (κ2) is 7.21. The van der Waals surface area contributed by atoms with E-state index in [4.69, 9.17) is 5.73 Å². The van der Waals surface area contributed by atoms with E-state index in [1.54, 1.807) is 43.5 Å². The van der Waals surface area contributed by atoms with E-state index < -0.39 is 5.91 Å². The summed E-state index contributed by atoms with van der Waals surface area (Å²) in [5.74, 6) is 0.453. The molecule has 2 amide bonds. The topological polar surface area (TPSA) is 112 Å². The Morgan fingerprint density at radius 1 is 1.31 bits per heavy atom. The van der Waals surface area contributed by atoms with E-state index in [1.807, 2.05) is 4.90 Å². The molecule has 2 heterocycles. The minimum absolute atomic E-state index is 0.0178. The first-order valence-corrected chi connectivity index (χ1v) is 9.77. The molecule has 7 heteroatoms. The second-order valence-corrected chi connectivity index (χ2v) is 7.85. The van der Waals surface area contributed by atoms with Gasteiger partial charge in [-0.25, -0.2) is 4.98 Å². The SMILES string of the molecule is CC(=O)N1c2ccc(C(N)=O)cc2[C@H](Nc2ncccc2C#N)[C@@H](C)C1C1CC1. The Bertz CT molecular complexity index is 1020. The standard InChI is InChI=1S/C22H23N5O2/c1-12-19(26-22-16(11-23)4-3-9-25-22)17-10-15(21(24)29)7-8-18(17)27(13(2)28)20(12)14-5-6-14/h3-4,7-10,12,14,19-20H,5-6H2,1-2H3,(H2,24,29)(H,25,26)/t12-,19-,20?/m1/s1. The number of carbonyl (C=O) groups excluding carboxylic acids is 2. The number of anilines is 2. The molecule has 0 bridgehead atoms. The highest BCUT2D eigenvalue weighted by Crippen LogP contribution is 2.50. The zero-order chi connectivity index (χ0) is 20.7. The summed E-state index contributed by atoms with van der Waals surface area (Å²) < 4.78 is 0. The maximum absolute atomic E-state index is 12.6. The fourth-order valence-electron chi connectivity index (χ4n) is 4.48. The van der Waals surface area contributed by atoms with Crippen LogP contribution in [0.25, 0.3) is 0 Å². The molecule has 4 rings (SSSR count). The number of pyridine rings is 1. The van der Waals surface area contributed by atoms with Crippen molar-refractivity contribution in [2.75, 3.05) is 10.2 Å². The number of carbonyl (C=O) groups is 2. The Morgan fingerprint density at radius 2 is 2.07 bits per heavy atom. The summed E-state index contributed by atoms with van der Waals surface area (Å²) in [7, 11) is 0. The van der Waals surface area contributed by atoms with E-state index in [2.05, 4.69) is 23.3 Å². The smallest absolute Gasteiger partial charge is 0.248 e. The number of primary amides is 1. The van der Waals surface area contributed by atoms with Gasteiger partial charge < -0.3 is 16.0 Å². The van der Waals surface area contributed by atoms with Gasteiger partial charge in [-0.3, -0.25) is 9.59 Å². The summed E-state index contributed by atoms with van der Waals surface area (Å²) in [4.78, 5) is 30.6. The highest BCUT2D eigenvalue weighted by atomic mass is 16.2. The zero-order valence-corrected chi connectivity index (χ0v) is 16.4. The summed E-state index contributed by atoms with van der Waals surface area (Å²) in [6.45, 7) is 3.68. The summed E-state index contributed by atoms with van der Waals surface area (Å²) in [6, 6.07) is 10.6. The fourth-order valence-corrected chi connectivity index (χ4v) is 4.48. The molecule has 1 aromatic heterocycles. The van der Waals surface area contributed by atoms with Crippen molar-refractivity contribution in [1.29, 1.82) is 5.26 Å². The van der Waals surface area contributed by atoms with Crippen molar-refractivity contribution in [2.24, 2.45) is 17.6 Å². The number of hydrogen-bond acceptors (Lipinski definition) is 5. The highest BCUT2D eigenvalue weighted by Gasteiger charge is 2.47. The van der Waals surface area contributed by atoms with Crippen LogP contribution in [0.1, 0.15) is 54.2 Å². The maximum Gasteiger partial charge on any atom is 0.248 e. The molecule has 0 radical (unpaired) electrons. The summed E-state index contributed by atoms with van der Waals surface area (Å²) in [5.41, 5.74) is 7.94. The van der Waals surface area contributed by atoms with E-state index in [1.165, 1.54) is 0 Å². The van der Waals surface area contributed by atoms with Gasteiger partial charge in [-0.2, -0.15) is 5.26 Å². The molecular formula is C22H23N5O2. The van der Waals surface area contributed by atoms with Crippen LogP contribution in [-0.4, -0.2) is 22.8 Å². The molecule has 2 aromatic rings. The Balaban J connectivity index is 1.86. The van der Waals surface area contributed by atoms with Crippen LogP contribution >= 0.6 is 0 Å². The van der Waals surface area contributed by atoms with Crippen LogP contribution in [0, 0.1) is 23.2 Å². The molecule has 1 fully saturated rings. The number of nitrogens with zero attached hydrogens (tertiary/aromatic N) is 3. The third-order valence-corrected chi connectivity index (χ3v) is 5.93. The van der Waals surface area contributed by atoms with Crippen molar-refractivity contribution in [1.82, 2.24) is 4.98 Å². The molecule has 29 heavy (non-hydrogen) atoms. The average molecular weight is 389 g/mol. The van der Waals surface area contributed by atoms with Gasteiger partial charge in [0, 0.05) is 36.3 Å². The minimum Gasteiger partial charge on any atom is -0.366 e. The zero-order valence-electron chi connectivity index (χ0n) is 16.4. The molecule has 3 N–H and O–H groups in total. The van der Waals surface area contributed by atoms with Gasteiger partial charge >= 0.3 is 0 Å². The molecule has 1 aromatic carbocycles. The lowest BCUT2D eigenvalue weighted by Crippen LogP contribution is -2.51. The molecule has 0 saturated heterocycles. The molecule has 0 spiro atoms. The number of nitrogens with two attached hydrogens (primary N) is 1. The van der Waals surface area contributed by atoms with Crippen LogP contribution in [0.4, 0.5) is 11.5 Å². The molecule has 1 saturated carbocycles. The molecule has 2 aliphatic rings. The second-order valence-electron chi connectivity index (χ2n) is 7.85. The lowest BCUT2D eigenvalue weighted by Gasteiger charge is -2.46. The van der Waals surface area contributed by atoms with Crippen LogP contribution < -0.4 is 16.0 Å². The Hall–Kier alpha value is -3.40. The Morgan fingerprint density at radius 3 is 2.69 bits per heavy atom. The van der Waals surface area contributed by atoms with Gasteiger partial charge in [0.2, 0.25) is 11.8 Å². The summed E-state index contributed by atoms with van der Waals surface area (Å²) in [5, 5.41) is 12.9. The average Bonchev–Trinajstić information content (AvgIpc) is 3.54. The first kappa shape index (κ1) is 18.9. The lowest BCUT2D eigenvalue weighted by atomic mass is 9.79. The normalized spacial score (nSPS) is 23.1. The number of benzene rings is 1. The number of rotatable bonds is 4. The fraction of sp³-hybridized carbons (Fsp3) is 0.364. The number of aromatic nitrogens is 1. The maximum atomic E-state index is 12.6. The predicted octanol–water partition coefficient (Wildman–Crippen LogP) is 2.99. The minimum atomic E-state index is -0.520. The molecular weight excluding hydrogens is 366 g/mol. The Kier molecular flexibility index (Phi) is 4.71. The third-order valence-electron chi connectivity index (χ3n) is 5.93. The monoisotopic (exact) mass is 389 g/mol. The first-order chi connectivity index (χ1) is 13.9. The van der Waals surface area contributed by atoms with Crippen molar-refractivity contribution < 1.29 is 9.59 Å². The highest BCUT2D eigenvalue weighted by molar-refractivity contribution is 5.97. The number of amides is 2. The molecule has 1 unspecified atom stereocenters. The van der Waals surface area contributed by atoms with Crippen molar-refractivity contribution in [3.63, 3.8) is 0 Å². The first-order valence-electron chi connectivity index (χ1n) is 9.77. The van der Waals surface area contributed by atoms with Gasteiger partial charge in [0.1, 0.15) is 11.9 Å². The molecule has 1 aliphatic heterocycles. The van der Waals surface area contributed by atoms with Crippen molar-refractivity contribution in [2.45, 2.75) is 38.8 Å². The van der Waals surface area contributed by atoms with Crippen LogP contribution in [0.2, 0.25) is 0 Å². The van der Waals surface area contributed by atoms with Gasteiger partial charge in [-0.1, -0.05) is 6.92 Å². The van der Waals surface area contributed by atoms with Crippen LogP contribution in [0.5, 0.6) is 0 Å². The number of nitriles is 1. The Labute approximate surface area is 169 Å². The molecule has 3 atom stereocenters. The predicted molar refractivity (Wildman–Crippen MR) is 109 cm³/mol. The van der Waals surface area contributed by atoms with E-state index in [9.17, 15) is 14.9 Å². The molecule has 148 valence electrons. The molecule has 7 nitrogen and oxygen atoms in total. The van der Waals surface area contributed by atoms with Crippen molar-refractivity contribution in [3.8, 4) is 6.07 Å². The van der Waals surface area contributed by atoms with Gasteiger partial charge in [-0.05, 0) is 54.7 Å². The van der Waals surface area contributed by atoms with Crippen LogP contribution in [0.3, 0.4) is 0 Å². The summed E-state index contributed by atoms with van der Waals surface area (Å²) >= 11 is 0. The van der Waals surface area contributed by atoms with E-state index >= 15 is 0 Å². The van der Waals surface area contributed by atoms with Gasteiger partial charge in [0.25, 0.3) is 0 Å². The number of fused-ring (bicyclic) bond motifs is 1. The largest absolute Gasteiger partial charge is 0.366 e. The van der Waals surface area contributed by atoms with E-state index in [0.29, 0.717) is 22.9 Å². The van der Waals surface area contributed by atoms with Crippen molar-refractivity contribution >= 4 is 23.3 Å². The van der Waals surface area contributed by atoms with E-state index in [-0.39, 0.29) is 23.9 Å². The van der Waals surface area contributed by atoms with Crippen LogP contribution in [0.15, 0.2) is 36.5 Å². The molecule has 1 aliphatic carbocycles. The van der Waals surface area contributed by atoms with Crippen LogP contribution in [-0.2, 0) is 4.79 Å².